The van der Waals surface area contributed by atoms with Gasteiger partial charge in [0.1, 0.15) is 11.9 Å². The summed E-state index contributed by atoms with van der Waals surface area (Å²) in [5.74, 6) is -0.897. The Kier molecular flexibility index (Phi) is 6.04. The number of likely N-dealkylation sites (tertiary alicyclic amines) is 1. The van der Waals surface area contributed by atoms with E-state index in [1.807, 2.05) is 27.1 Å². The highest BCUT2D eigenvalue weighted by atomic mass is 16.4. The largest absolute Gasteiger partial charge is 0.480 e. The number of carboxylic acids is 1. The second kappa shape index (κ2) is 8.52. The molecule has 3 aromatic heterocycles. The number of piperidine rings is 1. The van der Waals surface area contributed by atoms with Gasteiger partial charge in [-0.3, -0.25) is 9.48 Å². The lowest BCUT2D eigenvalue weighted by Crippen LogP contribution is -2.49. The van der Waals surface area contributed by atoms with Gasteiger partial charge in [0.15, 0.2) is 5.65 Å². The third kappa shape index (κ3) is 3.85. The predicted molar refractivity (Wildman–Crippen MR) is 112 cm³/mol. The second-order valence-electron chi connectivity index (χ2n) is 7.10. The number of carboxylic acid groups (broad SMARTS) is 1. The van der Waals surface area contributed by atoms with Gasteiger partial charge >= 0.3 is 5.97 Å². The van der Waals surface area contributed by atoms with Crippen molar-refractivity contribution in [3.05, 3.63) is 30.4 Å². The van der Waals surface area contributed by atoms with Crippen LogP contribution in [0.4, 0.5) is 5.82 Å². The molecule has 1 saturated heterocycles. The Bertz CT molecular complexity index is 1070. The first-order valence-electron chi connectivity index (χ1n) is 9.98. The number of hydrogen-bond donors (Lipinski definition) is 2. The van der Waals surface area contributed by atoms with Crippen molar-refractivity contribution in [1.82, 2.24) is 29.3 Å². The van der Waals surface area contributed by atoms with E-state index in [-0.39, 0.29) is 11.8 Å². The maximum atomic E-state index is 12.0. The number of aromatic nitrogens is 5. The zero-order chi connectivity index (χ0) is 22.0. The fourth-order valence-electron chi connectivity index (χ4n) is 3.80. The van der Waals surface area contributed by atoms with Crippen LogP contribution in [0.5, 0.6) is 0 Å². The number of nitrogen functional groups attached to an aromatic ring is 1. The molecule has 2 atom stereocenters. The molecule has 30 heavy (non-hydrogen) atoms. The van der Waals surface area contributed by atoms with E-state index >= 15 is 0 Å². The molecule has 3 N–H and O–H groups in total. The van der Waals surface area contributed by atoms with Crippen molar-refractivity contribution in [2.75, 3.05) is 12.3 Å². The summed E-state index contributed by atoms with van der Waals surface area (Å²) >= 11 is 0. The molecule has 0 saturated carbocycles. The summed E-state index contributed by atoms with van der Waals surface area (Å²) in [7, 11) is 1.83. The van der Waals surface area contributed by atoms with Crippen molar-refractivity contribution >= 4 is 23.3 Å². The number of rotatable bonds is 3. The third-order valence-corrected chi connectivity index (χ3v) is 5.22. The van der Waals surface area contributed by atoms with Gasteiger partial charge in [0.2, 0.25) is 5.91 Å². The van der Waals surface area contributed by atoms with Gasteiger partial charge in [0, 0.05) is 49.8 Å². The molecular weight excluding hydrogens is 386 g/mol. The first-order chi connectivity index (χ1) is 14.3. The van der Waals surface area contributed by atoms with Crippen LogP contribution in [0.2, 0.25) is 0 Å². The van der Waals surface area contributed by atoms with Crippen molar-refractivity contribution in [2.24, 2.45) is 7.05 Å². The topological polar surface area (TPSA) is 132 Å². The fourth-order valence-corrected chi connectivity index (χ4v) is 3.80. The molecule has 10 nitrogen and oxygen atoms in total. The molecule has 0 aromatic carbocycles. The van der Waals surface area contributed by atoms with Gasteiger partial charge < -0.3 is 15.7 Å². The van der Waals surface area contributed by atoms with E-state index in [9.17, 15) is 14.7 Å². The molecule has 0 aliphatic carbocycles. The van der Waals surface area contributed by atoms with Crippen molar-refractivity contribution in [3.63, 3.8) is 0 Å². The van der Waals surface area contributed by atoms with Crippen molar-refractivity contribution in [2.45, 2.75) is 45.6 Å². The summed E-state index contributed by atoms with van der Waals surface area (Å²) in [4.78, 5) is 29.6. The summed E-state index contributed by atoms with van der Waals surface area (Å²) in [6.07, 6.45) is 6.29. The van der Waals surface area contributed by atoms with Gasteiger partial charge in [-0.05, 0) is 12.8 Å². The predicted octanol–water partition coefficient (Wildman–Crippen LogP) is 1.92. The minimum absolute atomic E-state index is 0.0940. The fraction of sp³-hybridized carbons (Fsp3) is 0.450. The summed E-state index contributed by atoms with van der Waals surface area (Å²) < 4.78 is 3.27. The van der Waals surface area contributed by atoms with Crippen molar-refractivity contribution in [1.29, 1.82) is 0 Å². The first-order valence-corrected chi connectivity index (χ1v) is 9.98. The summed E-state index contributed by atoms with van der Waals surface area (Å²) in [5.41, 5.74) is 9.22. The molecule has 0 spiro atoms. The maximum absolute atomic E-state index is 12.0. The quantitative estimate of drug-likeness (QED) is 0.670. The zero-order valence-electron chi connectivity index (χ0n) is 17.6. The highest BCUT2D eigenvalue weighted by Crippen LogP contribution is 2.32. The molecule has 10 heteroatoms. The van der Waals surface area contributed by atoms with Crippen LogP contribution in [0.3, 0.4) is 0 Å². The minimum atomic E-state index is -0.980. The van der Waals surface area contributed by atoms with Gasteiger partial charge in [-0.2, -0.15) is 14.7 Å². The molecule has 1 aliphatic rings. The number of nitrogens with two attached hydrogens (primary N) is 1. The number of hydrogen-bond acceptors (Lipinski definition) is 6. The summed E-state index contributed by atoms with van der Waals surface area (Å²) in [6.45, 7) is 5.69. The van der Waals surface area contributed by atoms with Crippen LogP contribution in [-0.4, -0.2) is 58.8 Å². The Hall–Kier alpha value is -3.43. The molecule has 0 radical (unpaired) electrons. The Morgan fingerprint density at radius 2 is 1.93 bits per heavy atom. The van der Waals surface area contributed by atoms with Gasteiger partial charge in [-0.25, -0.2) is 9.78 Å². The molecule has 1 aliphatic heterocycles. The normalized spacial score (nSPS) is 18.7. The van der Waals surface area contributed by atoms with Gasteiger partial charge in [0.05, 0.1) is 18.1 Å². The molecule has 3 aromatic rings. The van der Waals surface area contributed by atoms with Crippen LogP contribution in [0, 0.1) is 0 Å². The lowest BCUT2D eigenvalue weighted by molar-refractivity contribution is -0.151. The lowest BCUT2D eigenvalue weighted by Gasteiger charge is -2.36. The van der Waals surface area contributed by atoms with E-state index in [1.54, 1.807) is 27.7 Å². The van der Waals surface area contributed by atoms with E-state index in [0.29, 0.717) is 30.9 Å². The molecule has 2 unspecified atom stereocenters. The first kappa shape index (κ1) is 21.3. The number of aryl methyl sites for hydroxylation is 1. The maximum Gasteiger partial charge on any atom is 0.326 e. The molecule has 1 amide bonds. The Morgan fingerprint density at radius 3 is 2.53 bits per heavy atom. The Morgan fingerprint density at radius 1 is 1.20 bits per heavy atom. The van der Waals surface area contributed by atoms with E-state index in [0.717, 1.165) is 16.8 Å². The Labute approximate surface area is 174 Å². The summed E-state index contributed by atoms with van der Waals surface area (Å²) in [5, 5.41) is 17.9. The molecule has 1 fully saturated rings. The highest BCUT2D eigenvalue weighted by Gasteiger charge is 2.35. The highest BCUT2D eigenvalue weighted by molar-refractivity contribution is 5.82. The third-order valence-electron chi connectivity index (χ3n) is 5.22. The number of amides is 1. The Balaban J connectivity index is 0.00000124. The van der Waals surface area contributed by atoms with E-state index < -0.39 is 12.0 Å². The van der Waals surface area contributed by atoms with Crippen LogP contribution < -0.4 is 5.73 Å². The minimum Gasteiger partial charge on any atom is -0.480 e. The van der Waals surface area contributed by atoms with Gasteiger partial charge in [0.25, 0.3) is 0 Å². The number of nitrogens with zero attached hydrogens (tertiary/aromatic N) is 6. The van der Waals surface area contributed by atoms with Gasteiger partial charge in [-0.1, -0.05) is 13.8 Å². The number of aliphatic carboxylic acids is 1. The molecule has 4 rings (SSSR count). The number of anilines is 1. The molecule has 160 valence electrons. The SMILES string of the molecule is CC.CC(=O)N1CC(c2cc(N)n3ncc(-c4cnn(C)c4)c3n2)CCC1C(=O)O. The van der Waals surface area contributed by atoms with Crippen LogP contribution in [0.15, 0.2) is 24.7 Å². The zero-order valence-corrected chi connectivity index (χ0v) is 17.6. The number of carbonyl (C=O) groups excluding carboxylic acids is 1. The van der Waals surface area contributed by atoms with E-state index in [1.165, 1.54) is 11.8 Å². The van der Waals surface area contributed by atoms with Crippen LogP contribution in [-0.2, 0) is 16.6 Å². The smallest absolute Gasteiger partial charge is 0.326 e. The van der Waals surface area contributed by atoms with Crippen LogP contribution in [0.1, 0.15) is 45.2 Å². The number of carbonyl (C=O) groups is 2. The standard InChI is InChI=1S/C18H21N7O3.C2H6/c1-10(26)24-9-11(3-4-15(24)18(27)28)14-5-16(19)25-17(22-14)13(7-21-25)12-6-20-23(2)8-12;1-2/h5-8,11,15H,3-4,9,19H2,1-2H3,(H,27,28);1-2H3. The van der Waals surface area contributed by atoms with Crippen LogP contribution in [0.25, 0.3) is 16.8 Å². The summed E-state index contributed by atoms with van der Waals surface area (Å²) in [6, 6.07) is 0.952. The van der Waals surface area contributed by atoms with Crippen LogP contribution >= 0.6 is 0 Å². The van der Waals surface area contributed by atoms with Gasteiger partial charge in [-0.15, -0.1) is 0 Å². The lowest BCUT2D eigenvalue weighted by atomic mass is 9.90. The average Bonchev–Trinajstić information content (AvgIpc) is 3.35. The average molecular weight is 413 g/mol. The second-order valence-corrected chi connectivity index (χ2v) is 7.10. The van der Waals surface area contributed by atoms with Crippen molar-refractivity contribution < 1.29 is 14.7 Å². The van der Waals surface area contributed by atoms with E-state index in [4.69, 9.17) is 10.7 Å². The molecule has 4 heterocycles. The molecule has 0 bridgehead atoms. The number of fused-ring (bicyclic) bond motifs is 1. The monoisotopic (exact) mass is 413 g/mol. The molecular formula is C20H27N7O3. The van der Waals surface area contributed by atoms with E-state index in [2.05, 4.69) is 10.2 Å². The van der Waals surface area contributed by atoms with Crippen molar-refractivity contribution in [3.8, 4) is 11.1 Å².